The average molecular weight is 257 g/mol. The van der Waals surface area contributed by atoms with Gasteiger partial charge in [-0.15, -0.1) is 0 Å². The summed E-state index contributed by atoms with van der Waals surface area (Å²) in [6, 6.07) is -0.503. The maximum absolute atomic E-state index is 11.9. The molecule has 0 saturated carbocycles. The van der Waals surface area contributed by atoms with Crippen LogP contribution >= 0.6 is 0 Å². The van der Waals surface area contributed by atoms with Gasteiger partial charge in [0.2, 0.25) is 11.8 Å². The zero-order chi connectivity index (χ0) is 13.4. The molecule has 1 fully saturated rings. The van der Waals surface area contributed by atoms with E-state index in [9.17, 15) is 9.59 Å². The number of amides is 2. The lowest BCUT2D eigenvalue weighted by atomic mass is 9.98. The standard InChI is InChI=1S/C12H23N3O3/c1-9(11(16)14-6-7-18-2)15-12(17)10-4-3-5-13-8-10/h9-10,13H,3-8H2,1-2H3,(H,14,16)(H,15,17). The molecular weight excluding hydrogens is 234 g/mol. The summed E-state index contributed by atoms with van der Waals surface area (Å²) in [5, 5.41) is 8.62. The summed E-state index contributed by atoms with van der Waals surface area (Å²) in [5.41, 5.74) is 0. The highest BCUT2D eigenvalue weighted by atomic mass is 16.5. The van der Waals surface area contributed by atoms with Gasteiger partial charge in [0.05, 0.1) is 12.5 Å². The van der Waals surface area contributed by atoms with Crippen LogP contribution in [-0.2, 0) is 14.3 Å². The monoisotopic (exact) mass is 257 g/mol. The van der Waals surface area contributed by atoms with E-state index < -0.39 is 6.04 Å². The summed E-state index contributed by atoms with van der Waals surface area (Å²) < 4.78 is 4.84. The van der Waals surface area contributed by atoms with Crippen LogP contribution < -0.4 is 16.0 Å². The van der Waals surface area contributed by atoms with Gasteiger partial charge in [-0.25, -0.2) is 0 Å². The smallest absolute Gasteiger partial charge is 0.242 e. The van der Waals surface area contributed by atoms with E-state index in [0.717, 1.165) is 19.4 Å². The van der Waals surface area contributed by atoms with Gasteiger partial charge in [0.15, 0.2) is 0 Å². The first-order chi connectivity index (χ1) is 8.65. The number of rotatable bonds is 6. The second-order valence-corrected chi connectivity index (χ2v) is 4.56. The molecule has 1 heterocycles. The number of piperidine rings is 1. The lowest BCUT2D eigenvalue weighted by Crippen LogP contribution is -2.49. The summed E-state index contributed by atoms with van der Waals surface area (Å²) >= 11 is 0. The van der Waals surface area contributed by atoms with Gasteiger partial charge < -0.3 is 20.7 Å². The second kappa shape index (κ2) is 8.05. The SMILES string of the molecule is COCCNC(=O)C(C)NC(=O)C1CCCNC1. The van der Waals surface area contributed by atoms with E-state index >= 15 is 0 Å². The maximum atomic E-state index is 11.9. The Bertz CT molecular complexity index is 278. The van der Waals surface area contributed by atoms with Crippen LogP contribution in [0.25, 0.3) is 0 Å². The number of carbonyl (C=O) groups excluding carboxylic acids is 2. The van der Waals surface area contributed by atoms with E-state index in [2.05, 4.69) is 16.0 Å². The summed E-state index contributed by atoms with van der Waals surface area (Å²) in [6.07, 6.45) is 1.89. The third-order valence-corrected chi connectivity index (χ3v) is 3.03. The van der Waals surface area contributed by atoms with Crippen molar-refractivity contribution >= 4 is 11.8 Å². The van der Waals surface area contributed by atoms with Crippen molar-refractivity contribution in [3.63, 3.8) is 0 Å². The number of nitrogens with one attached hydrogen (secondary N) is 3. The molecule has 0 spiro atoms. The molecule has 0 radical (unpaired) electrons. The van der Waals surface area contributed by atoms with Crippen LogP contribution in [0.4, 0.5) is 0 Å². The van der Waals surface area contributed by atoms with Crippen LogP contribution in [0.3, 0.4) is 0 Å². The summed E-state index contributed by atoms with van der Waals surface area (Å²) in [6.45, 7) is 4.29. The first-order valence-electron chi connectivity index (χ1n) is 6.43. The van der Waals surface area contributed by atoms with Crippen LogP contribution in [0.2, 0.25) is 0 Å². The maximum Gasteiger partial charge on any atom is 0.242 e. The number of hydrogen-bond acceptors (Lipinski definition) is 4. The zero-order valence-corrected chi connectivity index (χ0v) is 11.1. The molecular formula is C12H23N3O3. The van der Waals surface area contributed by atoms with Gasteiger partial charge in [-0.1, -0.05) is 0 Å². The zero-order valence-electron chi connectivity index (χ0n) is 11.1. The molecule has 1 aliphatic rings. The average Bonchev–Trinajstić information content (AvgIpc) is 2.39. The van der Waals surface area contributed by atoms with Crippen molar-refractivity contribution in [1.82, 2.24) is 16.0 Å². The molecule has 2 atom stereocenters. The van der Waals surface area contributed by atoms with E-state index in [1.54, 1.807) is 14.0 Å². The molecule has 104 valence electrons. The van der Waals surface area contributed by atoms with E-state index in [0.29, 0.717) is 19.7 Å². The molecule has 2 amide bonds. The molecule has 1 saturated heterocycles. The summed E-state index contributed by atoms with van der Waals surface area (Å²) in [4.78, 5) is 23.5. The lowest BCUT2D eigenvalue weighted by Gasteiger charge is -2.23. The molecule has 0 aromatic rings. The predicted octanol–water partition coefficient (Wildman–Crippen LogP) is -0.747. The molecule has 1 rings (SSSR count). The second-order valence-electron chi connectivity index (χ2n) is 4.56. The third-order valence-electron chi connectivity index (χ3n) is 3.03. The van der Waals surface area contributed by atoms with E-state index in [-0.39, 0.29) is 17.7 Å². The fourth-order valence-corrected chi connectivity index (χ4v) is 1.90. The molecule has 1 aliphatic heterocycles. The van der Waals surface area contributed by atoms with Gasteiger partial charge in [0.25, 0.3) is 0 Å². The number of ether oxygens (including phenoxy) is 1. The van der Waals surface area contributed by atoms with Crippen molar-refractivity contribution in [1.29, 1.82) is 0 Å². The fourth-order valence-electron chi connectivity index (χ4n) is 1.90. The van der Waals surface area contributed by atoms with Crippen molar-refractivity contribution in [2.45, 2.75) is 25.8 Å². The highest BCUT2D eigenvalue weighted by Crippen LogP contribution is 2.09. The Morgan fingerprint density at radius 1 is 1.50 bits per heavy atom. The molecule has 2 unspecified atom stereocenters. The largest absolute Gasteiger partial charge is 0.383 e. The molecule has 3 N–H and O–H groups in total. The fraction of sp³-hybridized carbons (Fsp3) is 0.833. The Kier molecular flexibility index (Phi) is 6.67. The van der Waals surface area contributed by atoms with Crippen molar-refractivity contribution in [2.24, 2.45) is 5.92 Å². The van der Waals surface area contributed by atoms with Crippen LogP contribution in [0.5, 0.6) is 0 Å². The Hall–Kier alpha value is -1.14. The highest BCUT2D eigenvalue weighted by Gasteiger charge is 2.23. The number of methoxy groups -OCH3 is 1. The van der Waals surface area contributed by atoms with Crippen molar-refractivity contribution in [3.05, 3.63) is 0 Å². The molecule has 0 bridgehead atoms. The van der Waals surface area contributed by atoms with E-state index in [1.165, 1.54) is 0 Å². The van der Waals surface area contributed by atoms with Gasteiger partial charge >= 0.3 is 0 Å². The summed E-state index contributed by atoms with van der Waals surface area (Å²) in [5.74, 6) is -0.242. The number of carbonyl (C=O) groups is 2. The van der Waals surface area contributed by atoms with Crippen LogP contribution in [0.15, 0.2) is 0 Å². The first-order valence-corrected chi connectivity index (χ1v) is 6.43. The normalized spacial score (nSPS) is 21.1. The Morgan fingerprint density at radius 3 is 2.89 bits per heavy atom. The Balaban J connectivity index is 2.27. The molecule has 6 nitrogen and oxygen atoms in total. The molecule has 0 aromatic heterocycles. The highest BCUT2D eigenvalue weighted by molar-refractivity contribution is 5.88. The summed E-state index contributed by atoms with van der Waals surface area (Å²) in [7, 11) is 1.58. The molecule has 0 aliphatic carbocycles. The number of hydrogen-bond donors (Lipinski definition) is 3. The predicted molar refractivity (Wildman–Crippen MR) is 68.1 cm³/mol. The lowest BCUT2D eigenvalue weighted by molar-refractivity contribution is -0.131. The Morgan fingerprint density at radius 2 is 2.28 bits per heavy atom. The first kappa shape index (κ1) is 14.9. The van der Waals surface area contributed by atoms with E-state index in [4.69, 9.17) is 4.74 Å². The topological polar surface area (TPSA) is 79.5 Å². The van der Waals surface area contributed by atoms with Crippen molar-refractivity contribution < 1.29 is 14.3 Å². The van der Waals surface area contributed by atoms with Gasteiger partial charge in [-0.05, 0) is 26.3 Å². The van der Waals surface area contributed by atoms with Crippen LogP contribution in [-0.4, -0.2) is 51.2 Å². The van der Waals surface area contributed by atoms with E-state index in [1.807, 2.05) is 0 Å². The van der Waals surface area contributed by atoms with Crippen LogP contribution in [0.1, 0.15) is 19.8 Å². The molecule has 18 heavy (non-hydrogen) atoms. The minimum absolute atomic E-state index is 0.0204. The van der Waals surface area contributed by atoms with Gasteiger partial charge in [-0.2, -0.15) is 0 Å². The third kappa shape index (κ3) is 5.01. The Labute approximate surface area is 108 Å². The van der Waals surface area contributed by atoms with Crippen molar-refractivity contribution in [3.8, 4) is 0 Å². The van der Waals surface area contributed by atoms with Gasteiger partial charge in [0.1, 0.15) is 6.04 Å². The molecule has 0 aromatic carbocycles. The molecule has 6 heteroatoms. The van der Waals surface area contributed by atoms with Crippen molar-refractivity contribution in [2.75, 3.05) is 33.4 Å². The van der Waals surface area contributed by atoms with Gasteiger partial charge in [0, 0.05) is 20.2 Å². The van der Waals surface area contributed by atoms with Crippen LogP contribution in [0, 0.1) is 5.92 Å². The minimum Gasteiger partial charge on any atom is -0.383 e. The quantitative estimate of drug-likeness (QED) is 0.547. The van der Waals surface area contributed by atoms with Gasteiger partial charge in [-0.3, -0.25) is 9.59 Å². The minimum atomic E-state index is -0.503.